The molecule has 17 heavy (non-hydrogen) atoms. The number of carbonyl (C=O) groups is 1. The molecule has 0 spiro atoms. The molecule has 1 heterocycles. The molecule has 1 fully saturated rings. The van der Waals surface area contributed by atoms with Gasteiger partial charge in [-0.1, -0.05) is 19.3 Å². The molecule has 4 nitrogen and oxygen atoms in total. The maximum absolute atomic E-state index is 11.8. The summed E-state index contributed by atoms with van der Waals surface area (Å²) >= 11 is 0. The number of likely N-dealkylation sites (tertiary alicyclic amines) is 1. The molecule has 1 unspecified atom stereocenters. The topological polar surface area (TPSA) is 52.6 Å². The Labute approximate surface area is 104 Å². The maximum Gasteiger partial charge on any atom is 0.410 e. The zero-order chi connectivity index (χ0) is 13.1. The van der Waals surface area contributed by atoms with Crippen LogP contribution in [0.25, 0.3) is 0 Å². The summed E-state index contributed by atoms with van der Waals surface area (Å²) in [4.78, 5) is 13.5. The number of rotatable bonds is 2. The Bertz CT molecular complexity index is 252. The van der Waals surface area contributed by atoms with Crippen LogP contribution in [-0.4, -0.2) is 35.8 Å². The lowest BCUT2D eigenvalue weighted by atomic mass is 9.90. The molecule has 100 valence electrons. The van der Waals surface area contributed by atoms with Gasteiger partial charge in [0.25, 0.3) is 0 Å². The van der Waals surface area contributed by atoms with Gasteiger partial charge in [-0.25, -0.2) is 4.79 Å². The summed E-state index contributed by atoms with van der Waals surface area (Å²) in [5, 5.41) is 11.6. The summed E-state index contributed by atoms with van der Waals surface area (Å²) in [6.45, 7) is 8.82. The van der Waals surface area contributed by atoms with Gasteiger partial charge < -0.3 is 14.7 Å². The number of piperidine rings is 1. The molecule has 0 aromatic heterocycles. The highest BCUT2D eigenvalue weighted by atomic mass is 16.6. The molecule has 1 aliphatic rings. The Balaban J connectivity index is 2.39. The predicted molar refractivity (Wildman–Crippen MR) is 64.6 cm³/mol. The van der Waals surface area contributed by atoms with Crippen molar-refractivity contribution in [1.82, 2.24) is 4.90 Å². The molecular weight excluding hydrogens is 218 g/mol. The van der Waals surface area contributed by atoms with Crippen LogP contribution in [0.3, 0.4) is 0 Å². The average Bonchev–Trinajstić information content (AvgIpc) is 2.26. The van der Waals surface area contributed by atoms with Gasteiger partial charge in [0, 0.05) is 13.1 Å². The largest absolute Gasteiger partial charge is 0.852 e. The molecule has 1 amide bonds. The number of hydrogen-bond acceptors (Lipinski definition) is 3. The molecule has 0 N–H and O–H groups in total. The van der Waals surface area contributed by atoms with Gasteiger partial charge in [-0.3, -0.25) is 0 Å². The van der Waals surface area contributed by atoms with Crippen molar-refractivity contribution in [3.8, 4) is 0 Å². The Morgan fingerprint density at radius 2 is 1.94 bits per heavy atom. The van der Waals surface area contributed by atoms with Crippen molar-refractivity contribution >= 4 is 6.09 Å². The number of hydrogen-bond donors (Lipinski definition) is 0. The minimum absolute atomic E-state index is 0.221. The quantitative estimate of drug-likeness (QED) is 0.741. The normalized spacial score (nSPS) is 20.2. The van der Waals surface area contributed by atoms with Crippen LogP contribution in [0.1, 0.15) is 47.0 Å². The fraction of sp³-hybridized carbons (Fsp3) is 0.923. The van der Waals surface area contributed by atoms with Crippen molar-refractivity contribution in [3.05, 3.63) is 0 Å². The van der Waals surface area contributed by atoms with Gasteiger partial charge in [0.1, 0.15) is 5.60 Å². The van der Waals surface area contributed by atoms with E-state index >= 15 is 0 Å². The van der Waals surface area contributed by atoms with E-state index in [1.54, 1.807) is 4.90 Å². The lowest BCUT2D eigenvalue weighted by Gasteiger charge is -2.39. The summed E-state index contributed by atoms with van der Waals surface area (Å²) in [6, 6.07) is 0. The SMILES string of the molecule is CCC([O-])C1CCN(C(=O)OC(C)(C)C)CC1. The summed E-state index contributed by atoms with van der Waals surface area (Å²) in [6.07, 6.45) is 1.56. The van der Waals surface area contributed by atoms with Crippen LogP contribution < -0.4 is 5.11 Å². The second-order valence-electron chi connectivity index (χ2n) is 5.75. The van der Waals surface area contributed by atoms with Crippen molar-refractivity contribution in [2.45, 2.75) is 58.7 Å². The van der Waals surface area contributed by atoms with E-state index in [0.717, 1.165) is 12.8 Å². The van der Waals surface area contributed by atoms with Gasteiger partial charge in [-0.15, -0.1) is 6.10 Å². The molecule has 0 bridgehead atoms. The lowest BCUT2D eigenvalue weighted by molar-refractivity contribution is -0.435. The Hall–Kier alpha value is -0.770. The predicted octanol–water partition coefficient (Wildman–Crippen LogP) is 1.77. The van der Waals surface area contributed by atoms with E-state index in [2.05, 4.69) is 0 Å². The van der Waals surface area contributed by atoms with Gasteiger partial charge >= 0.3 is 6.09 Å². The minimum Gasteiger partial charge on any atom is -0.852 e. The molecule has 1 aliphatic heterocycles. The van der Waals surface area contributed by atoms with Crippen molar-refractivity contribution in [1.29, 1.82) is 0 Å². The van der Waals surface area contributed by atoms with Crippen molar-refractivity contribution in [3.63, 3.8) is 0 Å². The minimum atomic E-state index is -0.476. The third-order valence-corrected chi connectivity index (χ3v) is 3.12. The van der Waals surface area contributed by atoms with E-state index in [9.17, 15) is 9.90 Å². The van der Waals surface area contributed by atoms with Crippen LogP contribution in [0.2, 0.25) is 0 Å². The first kappa shape index (κ1) is 14.3. The second-order valence-corrected chi connectivity index (χ2v) is 5.75. The van der Waals surface area contributed by atoms with Crippen molar-refractivity contribution < 1.29 is 14.6 Å². The van der Waals surface area contributed by atoms with Gasteiger partial charge in [0.05, 0.1) is 0 Å². The zero-order valence-corrected chi connectivity index (χ0v) is 11.4. The molecule has 4 heteroatoms. The Morgan fingerprint density at radius 1 is 1.41 bits per heavy atom. The van der Waals surface area contributed by atoms with Gasteiger partial charge in [0.15, 0.2) is 0 Å². The number of amides is 1. The monoisotopic (exact) mass is 242 g/mol. The number of nitrogens with zero attached hydrogens (tertiary/aromatic N) is 1. The number of carbonyl (C=O) groups excluding carboxylic acids is 1. The first-order valence-electron chi connectivity index (χ1n) is 6.47. The van der Waals surface area contributed by atoms with Crippen LogP contribution in [0, 0.1) is 5.92 Å². The van der Waals surface area contributed by atoms with E-state index in [1.807, 2.05) is 27.7 Å². The molecule has 0 aromatic rings. The smallest absolute Gasteiger partial charge is 0.410 e. The van der Waals surface area contributed by atoms with Gasteiger partial charge in [0.2, 0.25) is 0 Å². The van der Waals surface area contributed by atoms with Gasteiger partial charge in [-0.05, 0) is 33.6 Å². The number of ether oxygens (including phenoxy) is 1. The Morgan fingerprint density at radius 3 is 2.35 bits per heavy atom. The third kappa shape index (κ3) is 4.54. The molecule has 1 rings (SSSR count). The summed E-state index contributed by atoms with van der Waals surface area (Å²) < 4.78 is 5.31. The first-order valence-corrected chi connectivity index (χ1v) is 6.47. The molecule has 0 aliphatic carbocycles. The molecule has 0 saturated carbocycles. The van der Waals surface area contributed by atoms with Crippen LogP contribution in [0.15, 0.2) is 0 Å². The standard InChI is InChI=1S/C13H24NO3/c1-5-11(15)10-6-8-14(9-7-10)12(16)17-13(2,3)4/h10-11H,5-9H2,1-4H3/q-1. The van der Waals surface area contributed by atoms with E-state index < -0.39 is 11.7 Å². The van der Waals surface area contributed by atoms with Crippen molar-refractivity contribution in [2.24, 2.45) is 5.92 Å². The summed E-state index contributed by atoms with van der Waals surface area (Å²) in [5.41, 5.74) is -0.446. The highest BCUT2D eigenvalue weighted by molar-refractivity contribution is 5.68. The van der Waals surface area contributed by atoms with E-state index in [1.165, 1.54) is 0 Å². The van der Waals surface area contributed by atoms with Crippen LogP contribution >= 0.6 is 0 Å². The van der Waals surface area contributed by atoms with Gasteiger partial charge in [-0.2, -0.15) is 0 Å². The van der Waals surface area contributed by atoms with Crippen LogP contribution in [-0.2, 0) is 4.74 Å². The van der Waals surface area contributed by atoms with E-state index in [0.29, 0.717) is 19.5 Å². The maximum atomic E-state index is 11.8. The summed E-state index contributed by atoms with van der Waals surface area (Å²) in [7, 11) is 0. The van der Waals surface area contributed by atoms with Crippen LogP contribution in [0.4, 0.5) is 4.79 Å². The second kappa shape index (κ2) is 5.71. The van der Waals surface area contributed by atoms with E-state index in [-0.39, 0.29) is 12.0 Å². The first-order chi connectivity index (χ1) is 7.83. The average molecular weight is 242 g/mol. The third-order valence-electron chi connectivity index (χ3n) is 3.12. The molecule has 0 aromatic carbocycles. The summed E-state index contributed by atoms with van der Waals surface area (Å²) in [5.74, 6) is 0.221. The zero-order valence-electron chi connectivity index (χ0n) is 11.4. The van der Waals surface area contributed by atoms with Crippen LogP contribution in [0.5, 0.6) is 0 Å². The highest BCUT2D eigenvalue weighted by Crippen LogP contribution is 2.22. The fourth-order valence-corrected chi connectivity index (χ4v) is 2.11. The molecule has 1 atom stereocenters. The molecule has 0 radical (unpaired) electrons. The Kier molecular flexibility index (Phi) is 4.80. The van der Waals surface area contributed by atoms with E-state index in [4.69, 9.17) is 4.74 Å². The van der Waals surface area contributed by atoms with Crippen molar-refractivity contribution in [2.75, 3.05) is 13.1 Å². The lowest BCUT2D eigenvalue weighted by Crippen LogP contribution is -2.45. The highest BCUT2D eigenvalue weighted by Gasteiger charge is 2.27. The molecular formula is C13H24NO3-. The fourth-order valence-electron chi connectivity index (χ4n) is 2.11. The molecule has 1 saturated heterocycles.